The molecule has 8 rings (SSSR count). The maximum absolute atomic E-state index is 9.25. The maximum Gasteiger partial charge on any atom is 0.150 e. The van der Waals surface area contributed by atoms with Gasteiger partial charge in [-0.1, -0.05) is 115 Å². The van der Waals surface area contributed by atoms with Crippen molar-refractivity contribution >= 4 is 23.0 Å². The van der Waals surface area contributed by atoms with E-state index in [0.717, 1.165) is 77.8 Å². The monoisotopic (exact) mass is 665 g/mol. The summed E-state index contributed by atoms with van der Waals surface area (Å²) in [5.41, 5.74) is 13.5. The molecule has 0 fully saturated rings. The van der Waals surface area contributed by atoms with Gasteiger partial charge in [0.2, 0.25) is 0 Å². The molecule has 5 nitrogen and oxygen atoms in total. The highest BCUT2D eigenvalue weighted by Crippen LogP contribution is 2.40. The molecule has 0 radical (unpaired) electrons. The molecule has 51 heavy (non-hydrogen) atoms. The van der Waals surface area contributed by atoms with Crippen LogP contribution in [0.25, 0.3) is 5.57 Å². The van der Waals surface area contributed by atoms with E-state index in [1.807, 2.05) is 13.1 Å². The van der Waals surface area contributed by atoms with Crippen molar-refractivity contribution in [3.63, 3.8) is 0 Å². The van der Waals surface area contributed by atoms with Gasteiger partial charge in [-0.25, -0.2) is 4.99 Å². The highest BCUT2D eigenvalue weighted by Gasteiger charge is 2.31. The molecule has 2 aromatic rings. The normalized spacial score (nSPS) is 22.5. The zero-order chi connectivity index (χ0) is 34.6. The third-order valence-electron chi connectivity index (χ3n) is 10.2. The average Bonchev–Trinajstić information content (AvgIpc) is 3.61. The van der Waals surface area contributed by atoms with Crippen molar-refractivity contribution in [3.8, 4) is 0 Å². The van der Waals surface area contributed by atoms with Crippen LogP contribution in [0.2, 0.25) is 0 Å². The molecule has 2 aliphatic heterocycles. The third kappa shape index (κ3) is 6.98. The largest absolute Gasteiger partial charge is 0.378 e. The van der Waals surface area contributed by atoms with Gasteiger partial charge in [-0.2, -0.15) is 0 Å². The summed E-state index contributed by atoms with van der Waals surface area (Å²) in [6.07, 6.45) is 36.6. The molecule has 3 N–H and O–H groups in total. The van der Waals surface area contributed by atoms with Crippen molar-refractivity contribution in [1.29, 1.82) is 5.41 Å². The zero-order valence-electron chi connectivity index (χ0n) is 29.1. The minimum absolute atomic E-state index is 0.285. The maximum atomic E-state index is 9.25. The number of amidine groups is 2. The zero-order valence-corrected chi connectivity index (χ0v) is 29.1. The van der Waals surface area contributed by atoms with E-state index in [0.29, 0.717) is 11.8 Å². The van der Waals surface area contributed by atoms with Crippen LogP contribution in [0.15, 0.2) is 189 Å². The summed E-state index contributed by atoms with van der Waals surface area (Å²) in [6, 6.07) is 19.2. The smallest absolute Gasteiger partial charge is 0.150 e. The molecule has 4 bridgehead atoms. The molecule has 2 unspecified atom stereocenters. The Morgan fingerprint density at radius 2 is 1.75 bits per heavy atom. The number of aliphatic imine (C=N–C) groups is 2. The van der Waals surface area contributed by atoms with E-state index >= 15 is 0 Å². The molecule has 0 spiro atoms. The first-order valence-corrected chi connectivity index (χ1v) is 18.1. The number of hydrogen-bond acceptors (Lipinski definition) is 3. The summed E-state index contributed by atoms with van der Waals surface area (Å²) >= 11 is 0. The lowest BCUT2D eigenvalue weighted by molar-refractivity contribution is 0.513. The molecule has 252 valence electrons. The van der Waals surface area contributed by atoms with Crippen LogP contribution in [-0.4, -0.2) is 30.5 Å². The summed E-state index contributed by atoms with van der Waals surface area (Å²) in [7, 11) is 1.88. The molecule has 0 saturated heterocycles. The van der Waals surface area contributed by atoms with Gasteiger partial charge in [-0.3, -0.25) is 10.4 Å². The first-order valence-electron chi connectivity index (χ1n) is 18.1. The molecule has 2 aromatic carbocycles. The van der Waals surface area contributed by atoms with E-state index in [9.17, 15) is 5.41 Å². The molecule has 0 amide bonds. The van der Waals surface area contributed by atoms with Gasteiger partial charge in [0.15, 0.2) is 0 Å². The quantitative estimate of drug-likeness (QED) is 0.212. The summed E-state index contributed by atoms with van der Waals surface area (Å²) in [6.45, 7) is 0. The molecular formula is C46H43N5. The van der Waals surface area contributed by atoms with Crippen molar-refractivity contribution in [1.82, 2.24) is 10.6 Å². The van der Waals surface area contributed by atoms with Gasteiger partial charge in [0, 0.05) is 53.5 Å². The van der Waals surface area contributed by atoms with Crippen LogP contribution in [-0.2, 0) is 0 Å². The number of nitrogens with zero attached hydrogens (tertiary/aromatic N) is 2. The molecule has 6 aliphatic rings. The van der Waals surface area contributed by atoms with Crippen molar-refractivity contribution in [2.75, 3.05) is 7.05 Å². The fourth-order valence-electron chi connectivity index (χ4n) is 7.75. The van der Waals surface area contributed by atoms with E-state index < -0.39 is 0 Å². The average molecular weight is 666 g/mol. The summed E-state index contributed by atoms with van der Waals surface area (Å²) in [5.74, 6) is 1.31. The molecular weight excluding hydrogens is 623 g/mol. The second kappa shape index (κ2) is 14.6. The summed E-state index contributed by atoms with van der Waals surface area (Å²) in [5, 5.41) is 16.4. The van der Waals surface area contributed by atoms with E-state index in [4.69, 9.17) is 9.98 Å². The Hall–Kier alpha value is -5.81. The van der Waals surface area contributed by atoms with Crippen LogP contribution >= 0.6 is 0 Å². The SMILES string of the molecule is CNC(=NC(=N)C1=CC(C2=C(C3=CC=CCC3)C3C=CC=CC(C3)N2)=CCC1)c1cccc(C2=NC3=CC=CC=C(C=C2c2ccccc2)C3)c1. The number of benzene rings is 2. The first kappa shape index (κ1) is 32.4. The highest BCUT2D eigenvalue weighted by atomic mass is 15.0. The lowest BCUT2D eigenvalue weighted by Gasteiger charge is -2.35. The topological polar surface area (TPSA) is 72.6 Å². The fraction of sp³-hybridized carbons (Fsp3) is 0.196. The molecule has 0 aromatic heterocycles. The Kier molecular flexibility index (Phi) is 9.26. The summed E-state index contributed by atoms with van der Waals surface area (Å²) in [4.78, 5) is 10.2. The van der Waals surface area contributed by atoms with Crippen LogP contribution in [0.4, 0.5) is 0 Å². The van der Waals surface area contributed by atoms with E-state index in [-0.39, 0.29) is 11.9 Å². The predicted octanol–water partition coefficient (Wildman–Crippen LogP) is 9.57. The van der Waals surface area contributed by atoms with Crippen molar-refractivity contribution in [2.24, 2.45) is 15.9 Å². The fourth-order valence-corrected chi connectivity index (χ4v) is 7.75. The number of hydrogen-bond donors (Lipinski definition) is 3. The van der Waals surface area contributed by atoms with Gasteiger partial charge < -0.3 is 10.6 Å². The minimum Gasteiger partial charge on any atom is -0.378 e. The molecule has 5 heteroatoms. The Labute approximate surface area is 301 Å². The standard InChI is InChI=1S/C46H43N5/c1-48-46(38-23-13-20-35(29-38)43-41(32-15-4-2-5-16-32)27-31-14-8-10-24-39(26-31)49-43)51-45(47)37-22-12-21-36(28-37)44-42(33-17-6-3-7-18-33)34-19-9-11-25-40(30-34)50-44/h2-6,8-11,13-17,19-21,23-25,27-29,34,40,50H,7,12,18,22,26,30H2,1H3,(H2,47,48,51). The van der Waals surface area contributed by atoms with Crippen LogP contribution in [0.3, 0.4) is 0 Å². The van der Waals surface area contributed by atoms with Crippen LogP contribution in [0.1, 0.15) is 55.2 Å². The minimum atomic E-state index is 0.285. The Balaban J connectivity index is 1.13. The Morgan fingerprint density at radius 1 is 0.882 bits per heavy atom. The van der Waals surface area contributed by atoms with E-state index in [1.54, 1.807) is 0 Å². The number of rotatable bonds is 6. The Morgan fingerprint density at radius 3 is 2.61 bits per heavy atom. The van der Waals surface area contributed by atoms with Crippen molar-refractivity contribution < 1.29 is 0 Å². The predicted molar refractivity (Wildman–Crippen MR) is 213 cm³/mol. The second-order valence-electron chi connectivity index (χ2n) is 13.7. The summed E-state index contributed by atoms with van der Waals surface area (Å²) < 4.78 is 0. The van der Waals surface area contributed by atoms with Crippen LogP contribution < -0.4 is 10.6 Å². The lowest BCUT2D eigenvalue weighted by Crippen LogP contribution is -2.36. The molecule has 4 aliphatic carbocycles. The van der Waals surface area contributed by atoms with Crippen molar-refractivity contribution in [3.05, 3.63) is 196 Å². The van der Waals surface area contributed by atoms with Crippen molar-refractivity contribution in [2.45, 2.75) is 44.6 Å². The van der Waals surface area contributed by atoms with E-state index in [2.05, 4.69) is 144 Å². The molecule has 2 heterocycles. The highest BCUT2D eigenvalue weighted by molar-refractivity contribution is 6.33. The van der Waals surface area contributed by atoms with Crippen LogP contribution in [0, 0.1) is 11.3 Å². The van der Waals surface area contributed by atoms with Gasteiger partial charge in [0.05, 0.1) is 5.71 Å². The van der Waals surface area contributed by atoms with Gasteiger partial charge in [0.1, 0.15) is 11.7 Å². The second-order valence-corrected chi connectivity index (χ2v) is 13.7. The Bertz CT molecular complexity index is 2170. The van der Waals surface area contributed by atoms with Gasteiger partial charge >= 0.3 is 0 Å². The van der Waals surface area contributed by atoms with Crippen LogP contribution in [0.5, 0.6) is 0 Å². The van der Waals surface area contributed by atoms with Gasteiger partial charge in [0.25, 0.3) is 0 Å². The number of nitrogens with one attached hydrogen (secondary N) is 3. The number of allylic oxidation sites excluding steroid dienone is 17. The number of fused-ring (bicyclic) bond motifs is 4. The first-order chi connectivity index (χ1) is 25.1. The molecule has 0 saturated carbocycles. The molecule has 2 atom stereocenters. The van der Waals surface area contributed by atoms with Gasteiger partial charge in [-0.15, -0.1) is 0 Å². The van der Waals surface area contributed by atoms with E-state index in [1.165, 1.54) is 28.0 Å². The third-order valence-corrected chi connectivity index (χ3v) is 10.2. The lowest BCUT2D eigenvalue weighted by atomic mass is 9.78. The van der Waals surface area contributed by atoms with Gasteiger partial charge in [-0.05, 0) is 89.8 Å².